The summed E-state index contributed by atoms with van der Waals surface area (Å²) in [5, 5.41) is 8.89. The topological polar surface area (TPSA) is 94.9 Å². The third-order valence-electron chi connectivity index (χ3n) is 2.59. The monoisotopic (exact) mass is 538 g/mol. The molecular weight excluding hydrogens is 478 g/mol. The van der Waals surface area contributed by atoms with Crippen molar-refractivity contribution in [3.05, 3.63) is 91.8 Å². The highest BCUT2D eigenvalue weighted by Crippen LogP contribution is 1.74. The first-order chi connectivity index (χ1) is 15.6. The molecule has 0 aliphatic rings. The second kappa shape index (κ2) is 33.4. The third kappa shape index (κ3) is 76.8. The van der Waals surface area contributed by atoms with Gasteiger partial charge in [-0.15, -0.1) is 0 Å². The first-order valence-corrected chi connectivity index (χ1v) is 10.6. The molecule has 0 aliphatic heterocycles. The molecule has 2 N–H and O–H groups in total. The van der Waals surface area contributed by atoms with Crippen molar-refractivity contribution in [1.82, 2.24) is 0 Å². The van der Waals surface area contributed by atoms with Crippen LogP contribution in [-0.2, 0) is 30.7 Å². The Morgan fingerprint density at radius 3 is 0.711 bits per heavy atom. The maximum absolute atomic E-state index is 9.22. The lowest BCUT2D eigenvalue weighted by Crippen LogP contribution is -2.27. The average Bonchev–Trinajstić information content (AvgIpc) is 2.69. The molecule has 38 heavy (non-hydrogen) atoms. The zero-order chi connectivity index (χ0) is 27.0. The molecule has 3 heterocycles. The highest BCUT2D eigenvalue weighted by atomic mass is 16.4. The fraction of sp³-hybridized carbons (Fsp3) is 0.433. The van der Waals surface area contributed by atoms with Crippen LogP contribution in [0.2, 0.25) is 0 Å². The maximum atomic E-state index is 9.22. The van der Waals surface area contributed by atoms with Gasteiger partial charge in [0.15, 0.2) is 37.2 Å². The number of aliphatic carboxylic acids is 1. The van der Waals surface area contributed by atoms with E-state index in [1.807, 2.05) is 127 Å². The van der Waals surface area contributed by atoms with Gasteiger partial charge in [0.1, 0.15) is 21.1 Å². The van der Waals surface area contributed by atoms with Gasteiger partial charge in [0.2, 0.25) is 5.91 Å². The fourth-order valence-corrected chi connectivity index (χ4v) is 1.45. The van der Waals surface area contributed by atoms with Crippen LogP contribution >= 0.6 is 0 Å². The van der Waals surface area contributed by atoms with Crippen LogP contribution in [-0.4, -0.2) is 44.6 Å². The van der Waals surface area contributed by atoms with E-state index in [0.717, 1.165) is 11.4 Å². The largest absolute Gasteiger partial charge is 0.550 e. The van der Waals surface area contributed by atoms with E-state index in [9.17, 15) is 4.79 Å². The molecule has 220 valence electrons. The molecule has 0 atom stereocenters. The van der Waals surface area contributed by atoms with Crippen molar-refractivity contribution in [3.63, 3.8) is 0 Å². The number of amides is 1. The Hall–Kier alpha value is -3.65. The molecule has 3 aromatic rings. The lowest BCUT2D eigenvalue weighted by molar-refractivity contribution is -0.849. The Morgan fingerprint density at radius 1 is 0.553 bits per heavy atom. The predicted molar refractivity (Wildman–Crippen MR) is 159 cm³/mol. The molecule has 0 aromatic carbocycles. The number of carbonyl (C=O) groups excluding carboxylic acids is 2. The molecule has 3 aromatic heterocycles. The molecule has 0 unspecified atom stereocenters. The van der Waals surface area contributed by atoms with Gasteiger partial charge in [-0.25, -0.2) is 13.7 Å². The number of carboxylic acids is 1. The van der Waals surface area contributed by atoms with Crippen molar-refractivity contribution in [2.75, 3.05) is 28.2 Å². The smallest absolute Gasteiger partial charge is 0.214 e. The Balaban J connectivity index is -0.0000000605. The Morgan fingerprint density at radius 2 is 0.658 bits per heavy atom. The van der Waals surface area contributed by atoms with Crippen molar-refractivity contribution in [3.8, 4) is 0 Å². The van der Waals surface area contributed by atoms with E-state index in [1.54, 1.807) is 0 Å². The molecule has 0 spiro atoms. The summed E-state index contributed by atoms with van der Waals surface area (Å²) in [6.45, 7) is 2.28. The standard InChI is InChI=1S/3C6H8N.C4H12N.C2H5NO.C2H4O2.4CH4/c3*1-7-5-3-2-4-6-7;1-5(2,3)4;2*1-2(3)4;;;;/h3*2-6H,1H3;1-4H3;1H3,(H2,3,4);1H3,(H,3,4);4*1H4/q4*+1;;;;;;/p-1. The van der Waals surface area contributed by atoms with E-state index in [0.29, 0.717) is 0 Å². The number of aryl methyl sites for hydroxylation is 3. The number of pyridine rings is 3. The SMILES string of the molecule is C.C.C.C.CC(=O)[O-].CC(N)=O.C[N+](C)(C)C.C[n+]1ccccc1.C[n+]1ccccc1.C[n+]1ccccc1. The Labute approximate surface area is 235 Å². The van der Waals surface area contributed by atoms with Gasteiger partial charge >= 0.3 is 0 Å². The third-order valence-corrected chi connectivity index (χ3v) is 2.59. The van der Waals surface area contributed by atoms with Crippen LogP contribution in [0, 0.1) is 0 Å². The Kier molecular flexibility index (Phi) is 44.8. The zero-order valence-electron chi connectivity index (χ0n) is 22.3. The van der Waals surface area contributed by atoms with Gasteiger partial charge in [0.05, 0.1) is 28.2 Å². The lowest BCUT2D eigenvalue weighted by atomic mass is 10.5. The summed E-state index contributed by atoms with van der Waals surface area (Å²) in [6.07, 6.45) is 12.0. The van der Waals surface area contributed by atoms with E-state index in [-0.39, 0.29) is 35.6 Å². The van der Waals surface area contributed by atoms with Crippen LogP contribution in [0.25, 0.3) is 0 Å². The van der Waals surface area contributed by atoms with E-state index in [4.69, 9.17) is 9.90 Å². The van der Waals surface area contributed by atoms with Gasteiger partial charge in [-0.05, 0) is 6.92 Å². The molecule has 0 bridgehead atoms. The molecular formula is C30H60N5O3+3. The minimum atomic E-state index is -1.08. The van der Waals surface area contributed by atoms with Gasteiger partial charge in [0, 0.05) is 49.3 Å². The molecule has 0 radical (unpaired) electrons. The molecule has 0 saturated heterocycles. The van der Waals surface area contributed by atoms with Crippen molar-refractivity contribution < 1.29 is 32.9 Å². The van der Waals surface area contributed by atoms with Crippen LogP contribution in [0.1, 0.15) is 43.6 Å². The van der Waals surface area contributed by atoms with E-state index < -0.39 is 5.97 Å². The minimum Gasteiger partial charge on any atom is -0.550 e. The second-order valence-corrected chi connectivity index (χ2v) is 8.41. The summed E-state index contributed by atoms with van der Waals surface area (Å²) >= 11 is 0. The molecule has 8 heteroatoms. The van der Waals surface area contributed by atoms with Crippen molar-refractivity contribution >= 4 is 11.9 Å². The van der Waals surface area contributed by atoms with E-state index >= 15 is 0 Å². The number of carbonyl (C=O) groups is 2. The fourth-order valence-electron chi connectivity index (χ4n) is 1.45. The Bertz CT molecular complexity index is 740. The number of rotatable bonds is 0. The molecule has 0 fully saturated rings. The van der Waals surface area contributed by atoms with E-state index in [1.165, 1.54) is 6.92 Å². The summed E-state index contributed by atoms with van der Waals surface area (Å²) in [7, 11) is 14.5. The molecule has 0 saturated carbocycles. The van der Waals surface area contributed by atoms with Crippen LogP contribution in [0.15, 0.2) is 91.8 Å². The summed E-state index contributed by atoms with van der Waals surface area (Å²) in [6, 6.07) is 18.0. The summed E-state index contributed by atoms with van der Waals surface area (Å²) in [4.78, 5) is 18.1. The van der Waals surface area contributed by atoms with Crippen LogP contribution < -0.4 is 24.5 Å². The van der Waals surface area contributed by atoms with Crippen LogP contribution in [0.5, 0.6) is 0 Å². The predicted octanol–water partition coefficient (Wildman–Crippen LogP) is 2.65. The minimum absolute atomic E-state index is 0. The number of hydrogen-bond donors (Lipinski definition) is 1. The number of primary amides is 1. The number of quaternary nitrogens is 1. The van der Waals surface area contributed by atoms with Gasteiger partial charge in [-0.2, -0.15) is 0 Å². The van der Waals surface area contributed by atoms with Crippen molar-refractivity contribution in [2.45, 2.75) is 43.6 Å². The second-order valence-electron chi connectivity index (χ2n) is 8.41. The van der Waals surface area contributed by atoms with Crippen molar-refractivity contribution in [1.29, 1.82) is 0 Å². The van der Waals surface area contributed by atoms with Gasteiger partial charge in [0.25, 0.3) is 0 Å². The van der Waals surface area contributed by atoms with Gasteiger partial charge in [-0.3, -0.25) is 4.79 Å². The normalized spacial score (nSPS) is 7.71. The number of carboxylic acid groups (broad SMARTS) is 1. The molecule has 8 nitrogen and oxygen atoms in total. The number of nitrogens with two attached hydrogens (primary N) is 1. The first kappa shape index (κ1) is 51.1. The number of aromatic nitrogens is 3. The first-order valence-electron chi connectivity index (χ1n) is 10.6. The summed E-state index contributed by atoms with van der Waals surface area (Å²) in [5.41, 5.74) is 4.47. The van der Waals surface area contributed by atoms with Gasteiger partial charge in [-0.1, -0.05) is 47.9 Å². The summed E-state index contributed by atoms with van der Waals surface area (Å²) in [5.74, 6) is -1.42. The highest BCUT2D eigenvalue weighted by molar-refractivity contribution is 5.70. The lowest BCUT2D eigenvalue weighted by Gasteiger charge is -2.14. The number of hydrogen-bond acceptors (Lipinski definition) is 3. The maximum Gasteiger partial charge on any atom is 0.214 e. The molecule has 1 amide bonds. The number of nitrogens with zero attached hydrogens (tertiary/aromatic N) is 4. The van der Waals surface area contributed by atoms with Gasteiger partial charge < -0.3 is 20.1 Å². The molecule has 3 rings (SSSR count). The van der Waals surface area contributed by atoms with Crippen LogP contribution in [0.3, 0.4) is 0 Å². The van der Waals surface area contributed by atoms with E-state index in [2.05, 4.69) is 33.9 Å². The summed E-state index contributed by atoms with van der Waals surface area (Å²) < 4.78 is 7.00. The quantitative estimate of drug-likeness (QED) is 0.352. The highest BCUT2D eigenvalue weighted by Gasteiger charge is 1.88. The van der Waals surface area contributed by atoms with Crippen molar-refractivity contribution in [2.24, 2.45) is 26.9 Å². The van der Waals surface area contributed by atoms with Crippen LogP contribution in [0.4, 0.5) is 0 Å². The average molecular weight is 539 g/mol. The zero-order valence-corrected chi connectivity index (χ0v) is 22.3. The molecule has 0 aliphatic carbocycles.